The number of nitrogens with zero attached hydrogens (tertiary/aromatic N) is 1. The maximum Gasteiger partial charge on any atom is 0.295 e. The van der Waals surface area contributed by atoms with Crippen molar-refractivity contribution in [3.8, 4) is 5.75 Å². The van der Waals surface area contributed by atoms with E-state index in [4.69, 9.17) is 9.47 Å². The Bertz CT molecular complexity index is 988. The molecule has 31 heavy (non-hydrogen) atoms. The van der Waals surface area contributed by atoms with Gasteiger partial charge in [0.25, 0.3) is 11.7 Å². The van der Waals surface area contributed by atoms with Crippen molar-refractivity contribution in [2.75, 3.05) is 20.3 Å². The van der Waals surface area contributed by atoms with Crippen molar-refractivity contribution >= 4 is 17.4 Å². The maximum atomic E-state index is 13.1. The second-order valence-corrected chi connectivity index (χ2v) is 7.91. The Morgan fingerprint density at radius 1 is 1.13 bits per heavy atom. The van der Waals surface area contributed by atoms with Gasteiger partial charge in [0.05, 0.1) is 24.8 Å². The van der Waals surface area contributed by atoms with E-state index in [2.05, 4.69) is 6.92 Å². The van der Waals surface area contributed by atoms with Crippen LogP contribution in [0.1, 0.15) is 42.5 Å². The van der Waals surface area contributed by atoms with E-state index >= 15 is 0 Å². The Morgan fingerprint density at radius 2 is 1.84 bits per heavy atom. The molecule has 2 saturated heterocycles. The minimum Gasteiger partial charge on any atom is -0.507 e. The summed E-state index contributed by atoms with van der Waals surface area (Å²) in [5, 5.41) is 11.1. The van der Waals surface area contributed by atoms with Gasteiger partial charge in [0.15, 0.2) is 0 Å². The number of hydrogen-bond donors (Lipinski definition) is 1. The molecule has 162 valence electrons. The van der Waals surface area contributed by atoms with Crippen LogP contribution in [0.25, 0.3) is 5.76 Å². The highest BCUT2D eigenvalue weighted by atomic mass is 16.5. The highest BCUT2D eigenvalue weighted by Crippen LogP contribution is 2.40. The van der Waals surface area contributed by atoms with E-state index < -0.39 is 17.7 Å². The minimum atomic E-state index is -0.670. The average molecular weight is 421 g/mol. The molecule has 0 aromatic heterocycles. The first-order chi connectivity index (χ1) is 15.0. The molecular formula is C25H27NO5. The van der Waals surface area contributed by atoms with Gasteiger partial charge in [-0.2, -0.15) is 0 Å². The van der Waals surface area contributed by atoms with Gasteiger partial charge in [-0.05, 0) is 54.7 Å². The van der Waals surface area contributed by atoms with Crippen LogP contribution >= 0.6 is 0 Å². The Hall–Kier alpha value is -3.12. The Kier molecular flexibility index (Phi) is 6.09. The van der Waals surface area contributed by atoms with Crippen LogP contribution < -0.4 is 4.74 Å². The van der Waals surface area contributed by atoms with Crippen molar-refractivity contribution in [3.05, 3.63) is 70.8 Å². The van der Waals surface area contributed by atoms with Crippen molar-refractivity contribution in [3.63, 3.8) is 0 Å². The predicted molar refractivity (Wildman–Crippen MR) is 117 cm³/mol. The number of Topliss-reactive ketones (excluding diaryl/α,β-unsaturated/α-hetero) is 1. The summed E-state index contributed by atoms with van der Waals surface area (Å²) in [6, 6.07) is 14.0. The summed E-state index contributed by atoms with van der Waals surface area (Å²) in [5.74, 6) is -0.812. The molecule has 6 heteroatoms. The van der Waals surface area contributed by atoms with Crippen LogP contribution in [0.3, 0.4) is 0 Å². The van der Waals surface area contributed by atoms with E-state index in [1.807, 2.05) is 24.3 Å². The Morgan fingerprint density at radius 3 is 2.42 bits per heavy atom. The topological polar surface area (TPSA) is 76.1 Å². The summed E-state index contributed by atoms with van der Waals surface area (Å²) in [7, 11) is 1.56. The van der Waals surface area contributed by atoms with Crippen LogP contribution in [-0.2, 0) is 20.7 Å². The zero-order valence-corrected chi connectivity index (χ0v) is 17.8. The number of hydrogen-bond acceptors (Lipinski definition) is 5. The molecule has 1 amide bonds. The zero-order chi connectivity index (χ0) is 22.0. The number of likely N-dealkylation sites (tertiary alicyclic amines) is 1. The lowest BCUT2D eigenvalue weighted by molar-refractivity contribution is -0.140. The zero-order valence-electron chi connectivity index (χ0n) is 17.8. The first-order valence-electron chi connectivity index (χ1n) is 10.7. The molecule has 1 N–H and O–H groups in total. The fraction of sp³-hybridized carbons (Fsp3) is 0.360. The lowest BCUT2D eigenvalue weighted by Crippen LogP contribution is -2.36. The van der Waals surface area contributed by atoms with Crippen molar-refractivity contribution < 1.29 is 24.2 Å². The quantitative estimate of drug-likeness (QED) is 0.436. The van der Waals surface area contributed by atoms with Gasteiger partial charge in [0.2, 0.25) is 0 Å². The third-order valence-corrected chi connectivity index (χ3v) is 6.03. The molecule has 2 fully saturated rings. The van der Waals surface area contributed by atoms with Gasteiger partial charge >= 0.3 is 0 Å². The van der Waals surface area contributed by atoms with Gasteiger partial charge < -0.3 is 19.5 Å². The molecule has 2 aromatic carbocycles. The first kappa shape index (κ1) is 21.1. The number of ether oxygens (including phenoxy) is 2. The third kappa shape index (κ3) is 4.08. The molecular weight excluding hydrogens is 394 g/mol. The number of carbonyl (C=O) groups is 2. The van der Waals surface area contributed by atoms with E-state index in [1.165, 1.54) is 0 Å². The summed E-state index contributed by atoms with van der Waals surface area (Å²) in [6.45, 7) is 3.06. The summed E-state index contributed by atoms with van der Waals surface area (Å²) < 4.78 is 10.9. The number of carbonyl (C=O) groups excluding carboxylic acids is 2. The molecule has 2 aliphatic heterocycles. The number of rotatable bonds is 6. The van der Waals surface area contributed by atoms with E-state index in [0.717, 1.165) is 30.4 Å². The maximum absolute atomic E-state index is 13.1. The number of aliphatic hydroxyl groups excluding tert-OH is 1. The molecule has 4 rings (SSSR count). The van der Waals surface area contributed by atoms with Crippen molar-refractivity contribution in [2.45, 2.75) is 38.3 Å². The van der Waals surface area contributed by atoms with Crippen molar-refractivity contribution in [1.82, 2.24) is 4.90 Å². The number of aryl methyl sites for hydroxylation is 1. The molecule has 0 aliphatic carbocycles. The molecule has 2 aromatic rings. The van der Waals surface area contributed by atoms with E-state index in [1.54, 1.807) is 36.3 Å². The molecule has 2 heterocycles. The molecule has 2 atom stereocenters. The second kappa shape index (κ2) is 8.94. The Labute approximate surface area is 182 Å². The lowest BCUT2D eigenvalue weighted by Gasteiger charge is -2.27. The molecule has 0 bridgehead atoms. The smallest absolute Gasteiger partial charge is 0.295 e. The van der Waals surface area contributed by atoms with E-state index in [0.29, 0.717) is 24.5 Å². The SMILES string of the molecule is CCc1ccc([C@H]2C(=C(O)c3ccc(OC)cc3)C(=O)C(=O)N2C[C@@H]2CCCO2)cc1. The average Bonchev–Trinajstić information content (AvgIpc) is 3.41. The van der Waals surface area contributed by atoms with E-state index in [9.17, 15) is 14.7 Å². The number of aliphatic hydroxyl groups is 1. The lowest BCUT2D eigenvalue weighted by atomic mass is 9.94. The molecule has 0 unspecified atom stereocenters. The minimum absolute atomic E-state index is 0.100. The van der Waals surface area contributed by atoms with E-state index in [-0.39, 0.29) is 17.4 Å². The molecule has 0 radical (unpaired) electrons. The summed E-state index contributed by atoms with van der Waals surface area (Å²) >= 11 is 0. The fourth-order valence-electron chi connectivity index (χ4n) is 4.26. The summed E-state index contributed by atoms with van der Waals surface area (Å²) in [4.78, 5) is 27.6. The van der Waals surface area contributed by atoms with Crippen molar-refractivity contribution in [2.24, 2.45) is 0 Å². The number of benzene rings is 2. The Balaban J connectivity index is 1.79. The predicted octanol–water partition coefficient (Wildman–Crippen LogP) is 3.86. The third-order valence-electron chi connectivity index (χ3n) is 6.03. The van der Waals surface area contributed by atoms with Gasteiger partial charge in [-0.25, -0.2) is 0 Å². The summed E-state index contributed by atoms with van der Waals surface area (Å²) in [6.07, 6.45) is 2.58. The highest BCUT2D eigenvalue weighted by Gasteiger charge is 2.47. The first-order valence-corrected chi connectivity index (χ1v) is 10.7. The van der Waals surface area contributed by atoms with Crippen molar-refractivity contribution in [1.29, 1.82) is 0 Å². The van der Waals surface area contributed by atoms with Gasteiger partial charge in [-0.3, -0.25) is 9.59 Å². The monoisotopic (exact) mass is 421 g/mol. The second-order valence-electron chi connectivity index (χ2n) is 7.91. The standard InChI is InChI=1S/C25H27NO5/c1-3-16-6-8-17(9-7-16)22-21(23(27)18-10-12-19(30-2)13-11-18)24(28)25(29)26(22)15-20-5-4-14-31-20/h6-13,20,22,27H,3-5,14-15H2,1-2H3/t20-,22-/m0/s1. The van der Waals surface area contributed by atoms with Crippen LogP contribution in [0.5, 0.6) is 5.75 Å². The molecule has 0 saturated carbocycles. The number of methoxy groups -OCH3 is 1. The highest BCUT2D eigenvalue weighted by molar-refractivity contribution is 6.46. The summed E-state index contributed by atoms with van der Waals surface area (Å²) in [5.41, 5.74) is 2.53. The van der Waals surface area contributed by atoms with Crippen LogP contribution in [0, 0.1) is 0 Å². The van der Waals surface area contributed by atoms with Gasteiger partial charge in [-0.15, -0.1) is 0 Å². The number of ketones is 1. The van der Waals surface area contributed by atoms with Gasteiger partial charge in [0, 0.05) is 18.7 Å². The fourth-order valence-corrected chi connectivity index (χ4v) is 4.26. The largest absolute Gasteiger partial charge is 0.507 e. The van der Waals surface area contributed by atoms with Crippen LogP contribution in [0.15, 0.2) is 54.1 Å². The molecule has 2 aliphatic rings. The number of amides is 1. The normalized spacial score (nSPS) is 22.8. The van der Waals surface area contributed by atoms with Crippen LogP contribution in [0.2, 0.25) is 0 Å². The van der Waals surface area contributed by atoms with Crippen LogP contribution in [-0.4, -0.2) is 48.1 Å². The van der Waals surface area contributed by atoms with Crippen LogP contribution in [0.4, 0.5) is 0 Å². The van der Waals surface area contributed by atoms with Gasteiger partial charge in [-0.1, -0.05) is 31.2 Å². The molecule has 0 spiro atoms. The molecule has 6 nitrogen and oxygen atoms in total. The van der Waals surface area contributed by atoms with Gasteiger partial charge in [0.1, 0.15) is 11.5 Å².